The molecule has 1 amide bonds. The third-order valence-corrected chi connectivity index (χ3v) is 4.29. The molecule has 0 radical (unpaired) electrons. The summed E-state index contributed by atoms with van der Waals surface area (Å²) < 4.78 is 5.46. The summed E-state index contributed by atoms with van der Waals surface area (Å²) in [6.07, 6.45) is 2.76. The van der Waals surface area contributed by atoms with Crippen LogP contribution in [0.3, 0.4) is 0 Å². The number of carboxylic acid groups (broad SMARTS) is 1. The Morgan fingerprint density at radius 3 is 2.60 bits per heavy atom. The molecule has 2 heterocycles. The fraction of sp³-hybridized carbons (Fsp3) is 0.316. The number of aliphatic carboxylic acids is 1. The molecule has 0 saturated heterocycles. The average Bonchev–Trinajstić information content (AvgIpc) is 3.29. The maximum absolute atomic E-state index is 12.4. The number of furan rings is 1. The van der Waals surface area contributed by atoms with Crippen LogP contribution in [0, 0.1) is 0 Å². The Morgan fingerprint density at radius 1 is 1.24 bits per heavy atom. The number of carbonyl (C=O) groups excluding carboxylic acids is 1. The van der Waals surface area contributed by atoms with E-state index in [9.17, 15) is 9.59 Å². The number of hydrazone groups is 1. The molecule has 130 valence electrons. The van der Waals surface area contributed by atoms with Gasteiger partial charge in [0.05, 0.1) is 18.4 Å². The highest BCUT2D eigenvalue weighted by Crippen LogP contribution is 2.33. The third kappa shape index (κ3) is 3.79. The molecule has 1 aromatic carbocycles. The van der Waals surface area contributed by atoms with E-state index in [-0.39, 0.29) is 24.8 Å². The Bertz CT molecular complexity index is 778. The predicted octanol–water partition coefficient (Wildman–Crippen LogP) is 3.38. The predicted molar refractivity (Wildman–Crippen MR) is 92.1 cm³/mol. The topological polar surface area (TPSA) is 83.1 Å². The molecule has 1 aliphatic rings. The van der Waals surface area contributed by atoms with Crippen molar-refractivity contribution in [1.29, 1.82) is 0 Å². The fourth-order valence-electron chi connectivity index (χ4n) is 2.88. The molecule has 0 saturated carbocycles. The molecule has 0 bridgehead atoms. The molecule has 1 aliphatic heterocycles. The minimum Gasteiger partial charge on any atom is -0.481 e. The van der Waals surface area contributed by atoms with Gasteiger partial charge in [-0.2, -0.15) is 5.10 Å². The number of carbonyl (C=O) groups is 2. The van der Waals surface area contributed by atoms with Crippen molar-refractivity contribution in [2.45, 2.75) is 38.6 Å². The van der Waals surface area contributed by atoms with Crippen LogP contribution in [0.2, 0.25) is 0 Å². The Morgan fingerprint density at radius 2 is 2.00 bits per heavy atom. The van der Waals surface area contributed by atoms with Crippen molar-refractivity contribution in [2.24, 2.45) is 5.10 Å². The van der Waals surface area contributed by atoms with Gasteiger partial charge in [0.2, 0.25) is 5.91 Å². The van der Waals surface area contributed by atoms with Gasteiger partial charge in [-0.25, -0.2) is 5.01 Å². The molecule has 3 rings (SSSR count). The molecular weight excluding hydrogens is 320 g/mol. The van der Waals surface area contributed by atoms with Crippen LogP contribution >= 0.6 is 0 Å². The van der Waals surface area contributed by atoms with E-state index >= 15 is 0 Å². The molecule has 25 heavy (non-hydrogen) atoms. The van der Waals surface area contributed by atoms with Gasteiger partial charge < -0.3 is 9.52 Å². The first-order valence-electron chi connectivity index (χ1n) is 8.32. The highest BCUT2D eigenvalue weighted by Gasteiger charge is 2.34. The van der Waals surface area contributed by atoms with Crippen LogP contribution in [0.25, 0.3) is 0 Å². The quantitative estimate of drug-likeness (QED) is 0.874. The van der Waals surface area contributed by atoms with E-state index in [1.54, 1.807) is 18.4 Å². The lowest BCUT2D eigenvalue weighted by atomic mass is 10.0. The monoisotopic (exact) mass is 340 g/mol. The lowest BCUT2D eigenvalue weighted by Crippen LogP contribution is -2.27. The van der Waals surface area contributed by atoms with Gasteiger partial charge in [0.25, 0.3) is 0 Å². The maximum atomic E-state index is 12.4. The first kappa shape index (κ1) is 17.0. The van der Waals surface area contributed by atoms with E-state index in [1.807, 2.05) is 12.1 Å². The summed E-state index contributed by atoms with van der Waals surface area (Å²) in [5, 5.41) is 14.7. The number of benzene rings is 1. The van der Waals surface area contributed by atoms with Crippen molar-refractivity contribution in [3.8, 4) is 0 Å². The zero-order chi connectivity index (χ0) is 17.8. The second kappa shape index (κ2) is 7.34. The lowest BCUT2D eigenvalue weighted by Gasteiger charge is -2.19. The van der Waals surface area contributed by atoms with Gasteiger partial charge in [-0.1, -0.05) is 31.2 Å². The molecule has 0 spiro atoms. The summed E-state index contributed by atoms with van der Waals surface area (Å²) in [7, 11) is 0. The van der Waals surface area contributed by atoms with E-state index in [1.165, 1.54) is 10.6 Å². The minimum atomic E-state index is -0.999. The number of carboxylic acids is 1. The van der Waals surface area contributed by atoms with E-state index < -0.39 is 5.97 Å². The number of aryl methyl sites for hydroxylation is 1. The van der Waals surface area contributed by atoms with Gasteiger partial charge in [0, 0.05) is 12.8 Å². The van der Waals surface area contributed by atoms with Gasteiger partial charge in [-0.05, 0) is 29.7 Å². The summed E-state index contributed by atoms with van der Waals surface area (Å²) in [6, 6.07) is 11.3. The molecule has 1 aromatic heterocycles. The van der Waals surface area contributed by atoms with Gasteiger partial charge in [0.15, 0.2) is 0 Å². The molecular formula is C19H20N2O4. The van der Waals surface area contributed by atoms with E-state index in [0.717, 1.165) is 17.7 Å². The number of hydrogen-bond acceptors (Lipinski definition) is 4. The molecule has 0 aliphatic carbocycles. The molecule has 1 atom stereocenters. The lowest BCUT2D eigenvalue weighted by molar-refractivity contribution is -0.141. The van der Waals surface area contributed by atoms with E-state index in [2.05, 4.69) is 24.2 Å². The molecule has 6 heteroatoms. The summed E-state index contributed by atoms with van der Waals surface area (Å²) >= 11 is 0. The first-order chi connectivity index (χ1) is 12.1. The van der Waals surface area contributed by atoms with Crippen molar-refractivity contribution in [3.63, 3.8) is 0 Å². The Labute approximate surface area is 145 Å². The largest absolute Gasteiger partial charge is 0.481 e. The number of hydrogen-bond donors (Lipinski definition) is 1. The molecule has 0 unspecified atom stereocenters. The molecule has 0 fully saturated rings. The summed E-state index contributed by atoms with van der Waals surface area (Å²) in [6.45, 7) is 2.10. The molecule has 6 nitrogen and oxygen atoms in total. The second-order valence-corrected chi connectivity index (χ2v) is 5.96. The normalized spacial score (nSPS) is 16.8. The van der Waals surface area contributed by atoms with Crippen molar-refractivity contribution in [2.75, 3.05) is 0 Å². The maximum Gasteiger partial charge on any atom is 0.303 e. The van der Waals surface area contributed by atoms with Crippen LogP contribution in [0.5, 0.6) is 0 Å². The number of rotatable bonds is 6. The molecule has 2 aromatic rings. The zero-order valence-corrected chi connectivity index (χ0v) is 14.0. The van der Waals surface area contributed by atoms with E-state index in [0.29, 0.717) is 12.2 Å². The number of amides is 1. The van der Waals surface area contributed by atoms with Crippen LogP contribution in [-0.2, 0) is 16.0 Å². The van der Waals surface area contributed by atoms with Crippen LogP contribution in [-0.4, -0.2) is 27.7 Å². The number of nitrogens with zero attached hydrogens (tertiary/aromatic N) is 2. The van der Waals surface area contributed by atoms with Gasteiger partial charge in [-0.15, -0.1) is 0 Å². The van der Waals surface area contributed by atoms with Crippen molar-refractivity contribution >= 4 is 17.6 Å². The Kier molecular flexibility index (Phi) is 4.97. The first-order valence-corrected chi connectivity index (χ1v) is 8.32. The van der Waals surface area contributed by atoms with Crippen LogP contribution in [0.4, 0.5) is 0 Å². The highest BCUT2D eigenvalue weighted by molar-refractivity contribution is 6.03. The fourth-order valence-corrected chi connectivity index (χ4v) is 2.88. The summed E-state index contributed by atoms with van der Waals surface area (Å²) in [5.74, 6) is -0.668. The standard InChI is InChI=1S/C19H20N2O4/c1-2-13-5-7-14(8-6-13)15-12-16(17-4-3-11-25-17)21(20-15)18(22)9-10-19(23)24/h3-8,11,16H,2,9-10,12H2,1H3,(H,23,24)/t16-/m1/s1. The van der Waals surface area contributed by atoms with Crippen molar-refractivity contribution in [3.05, 3.63) is 59.5 Å². The van der Waals surface area contributed by atoms with Crippen molar-refractivity contribution < 1.29 is 19.1 Å². The summed E-state index contributed by atoms with van der Waals surface area (Å²) in [5.41, 5.74) is 2.99. The van der Waals surface area contributed by atoms with Crippen LogP contribution < -0.4 is 0 Å². The zero-order valence-electron chi connectivity index (χ0n) is 14.0. The van der Waals surface area contributed by atoms with Gasteiger partial charge in [-0.3, -0.25) is 9.59 Å². The van der Waals surface area contributed by atoms with Crippen molar-refractivity contribution in [1.82, 2.24) is 5.01 Å². The third-order valence-electron chi connectivity index (χ3n) is 4.29. The van der Waals surface area contributed by atoms with Crippen LogP contribution in [0.15, 0.2) is 52.2 Å². The summed E-state index contributed by atoms with van der Waals surface area (Å²) in [4.78, 5) is 23.2. The Hall–Kier alpha value is -2.89. The minimum absolute atomic E-state index is 0.0852. The second-order valence-electron chi connectivity index (χ2n) is 5.96. The van der Waals surface area contributed by atoms with E-state index in [4.69, 9.17) is 9.52 Å². The highest BCUT2D eigenvalue weighted by atomic mass is 16.4. The van der Waals surface area contributed by atoms with Gasteiger partial charge >= 0.3 is 5.97 Å². The van der Waals surface area contributed by atoms with Gasteiger partial charge in [0.1, 0.15) is 11.8 Å². The molecule has 1 N–H and O–H groups in total. The smallest absolute Gasteiger partial charge is 0.303 e. The SMILES string of the molecule is CCc1ccc(C2=NN(C(=O)CCC(=O)O)[C@@H](c3ccco3)C2)cc1. The Balaban J connectivity index is 1.85. The average molecular weight is 340 g/mol. The van der Waals surface area contributed by atoms with Crippen LogP contribution in [0.1, 0.15) is 49.1 Å².